The molecule has 0 amide bonds. The molecule has 4 heteroatoms. The van der Waals surface area contributed by atoms with Crippen LogP contribution in [0.5, 0.6) is 5.75 Å². The summed E-state index contributed by atoms with van der Waals surface area (Å²) in [6.07, 6.45) is 2.19. The molecular formula is C17H20N2O2. The molecule has 1 aliphatic rings. The van der Waals surface area contributed by atoms with Gasteiger partial charge in [-0.05, 0) is 43.2 Å². The third-order valence-corrected chi connectivity index (χ3v) is 3.93. The van der Waals surface area contributed by atoms with Crippen molar-refractivity contribution >= 4 is 5.78 Å². The topological polar surface area (TPSA) is 44.1 Å². The first-order chi connectivity index (χ1) is 10.2. The highest BCUT2D eigenvalue weighted by Crippen LogP contribution is 2.26. The summed E-state index contributed by atoms with van der Waals surface area (Å²) in [6.45, 7) is 5.64. The van der Waals surface area contributed by atoms with Crippen molar-refractivity contribution in [2.75, 3.05) is 6.61 Å². The largest absolute Gasteiger partial charge is 0.493 e. The van der Waals surface area contributed by atoms with Gasteiger partial charge in [0.15, 0.2) is 5.78 Å². The van der Waals surface area contributed by atoms with E-state index in [1.807, 2.05) is 35.9 Å². The molecule has 3 rings (SSSR count). The van der Waals surface area contributed by atoms with Gasteiger partial charge in [0.25, 0.3) is 0 Å². The first kappa shape index (κ1) is 13.9. The molecule has 0 aliphatic carbocycles. The van der Waals surface area contributed by atoms with Gasteiger partial charge >= 0.3 is 0 Å². The molecule has 2 aromatic rings. The molecule has 4 nitrogen and oxygen atoms in total. The monoisotopic (exact) mass is 284 g/mol. The van der Waals surface area contributed by atoms with E-state index in [0.717, 1.165) is 54.3 Å². The Kier molecular flexibility index (Phi) is 3.78. The summed E-state index contributed by atoms with van der Waals surface area (Å²) in [5.41, 5.74) is 3.94. The van der Waals surface area contributed by atoms with Gasteiger partial charge in [-0.25, -0.2) is 0 Å². The second kappa shape index (κ2) is 5.72. The molecule has 0 saturated heterocycles. The summed E-state index contributed by atoms with van der Waals surface area (Å²) in [4.78, 5) is 12.5. The zero-order valence-corrected chi connectivity index (χ0v) is 12.6. The van der Waals surface area contributed by atoms with Crippen molar-refractivity contribution in [1.29, 1.82) is 0 Å². The van der Waals surface area contributed by atoms with E-state index in [9.17, 15) is 4.79 Å². The van der Waals surface area contributed by atoms with E-state index in [1.165, 1.54) is 0 Å². The molecule has 0 radical (unpaired) electrons. The van der Waals surface area contributed by atoms with Gasteiger partial charge < -0.3 is 4.74 Å². The molecule has 2 heterocycles. The summed E-state index contributed by atoms with van der Waals surface area (Å²) >= 11 is 0. The number of rotatable bonds is 5. The molecule has 0 atom stereocenters. The molecule has 0 unspecified atom stereocenters. The number of benzene rings is 1. The molecule has 0 N–H and O–H groups in total. The van der Waals surface area contributed by atoms with Crippen LogP contribution in [0.4, 0.5) is 0 Å². The highest BCUT2D eigenvalue weighted by atomic mass is 16.5. The molecule has 21 heavy (non-hydrogen) atoms. The number of ketones is 1. The van der Waals surface area contributed by atoms with Gasteiger partial charge in [-0.3, -0.25) is 9.48 Å². The van der Waals surface area contributed by atoms with E-state index in [2.05, 4.69) is 12.0 Å². The standard InChI is InChI=1S/C17H20N2O2/c1-3-14-10-15(19(4-2)18-14)11-16(20)12-5-6-17-13(9-12)7-8-21-17/h5-6,9-10H,3-4,7-8,11H2,1-2H3. The summed E-state index contributed by atoms with van der Waals surface area (Å²) in [5, 5.41) is 4.50. The minimum absolute atomic E-state index is 0.141. The third-order valence-electron chi connectivity index (χ3n) is 3.93. The van der Waals surface area contributed by atoms with Gasteiger partial charge in [-0.2, -0.15) is 5.10 Å². The van der Waals surface area contributed by atoms with Crippen LogP contribution in [-0.2, 0) is 25.8 Å². The third kappa shape index (κ3) is 2.71. The minimum Gasteiger partial charge on any atom is -0.493 e. The first-order valence-corrected chi connectivity index (χ1v) is 7.55. The molecule has 1 aromatic heterocycles. The molecule has 0 saturated carbocycles. The molecule has 1 aromatic carbocycles. The van der Waals surface area contributed by atoms with Crippen LogP contribution in [-0.4, -0.2) is 22.2 Å². The van der Waals surface area contributed by atoms with Gasteiger partial charge in [0.05, 0.1) is 18.7 Å². The number of hydrogen-bond acceptors (Lipinski definition) is 3. The van der Waals surface area contributed by atoms with Gasteiger partial charge in [0.2, 0.25) is 0 Å². The smallest absolute Gasteiger partial charge is 0.168 e. The van der Waals surface area contributed by atoms with E-state index < -0.39 is 0 Å². The van der Waals surface area contributed by atoms with Crippen LogP contribution in [0.1, 0.15) is 41.2 Å². The molecular weight excluding hydrogens is 264 g/mol. The van der Waals surface area contributed by atoms with Crippen molar-refractivity contribution in [2.45, 2.75) is 39.7 Å². The Labute approximate surface area is 124 Å². The lowest BCUT2D eigenvalue weighted by Gasteiger charge is -2.05. The van der Waals surface area contributed by atoms with Gasteiger partial charge in [0.1, 0.15) is 5.75 Å². The van der Waals surface area contributed by atoms with Crippen LogP contribution < -0.4 is 4.74 Å². The summed E-state index contributed by atoms with van der Waals surface area (Å²) < 4.78 is 7.40. The number of ether oxygens (including phenoxy) is 1. The highest BCUT2D eigenvalue weighted by molar-refractivity contribution is 5.97. The lowest BCUT2D eigenvalue weighted by molar-refractivity contribution is 0.0990. The molecule has 1 aliphatic heterocycles. The minimum atomic E-state index is 0.141. The zero-order chi connectivity index (χ0) is 14.8. The fourth-order valence-corrected chi connectivity index (χ4v) is 2.73. The van der Waals surface area contributed by atoms with Gasteiger partial charge in [-0.1, -0.05) is 6.92 Å². The fraction of sp³-hybridized carbons (Fsp3) is 0.412. The van der Waals surface area contributed by atoms with Crippen LogP contribution in [0.2, 0.25) is 0 Å². The normalized spacial score (nSPS) is 13.0. The van der Waals surface area contributed by atoms with Crippen molar-refractivity contribution in [3.63, 3.8) is 0 Å². The molecule has 0 fully saturated rings. The van der Waals surface area contributed by atoms with Crippen LogP contribution in [0.15, 0.2) is 24.3 Å². The number of carbonyl (C=O) groups excluding carboxylic acids is 1. The lowest BCUT2D eigenvalue weighted by atomic mass is 10.0. The second-order valence-corrected chi connectivity index (χ2v) is 5.32. The number of Topliss-reactive ketones (excluding diaryl/α,β-unsaturated/α-hetero) is 1. The zero-order valence-electron chi connectivity index (χ0n) is 12.6. The number of aryl methyl sites for hydroxylation is 2. The van der Waals surface area contributed by atoms with E-state index >= 15 is 0 Å². The predicted octanol–water partition coefficient (Wildman–Crippen LogP) is 2.83. The average molecular weight is 284 g/mol. The Morgan fingerprint density at radius 3 is 2.95 bits per heavy atom. The Balaban J connectivity index is 1.81. The van der Waals surface area contributed by atoms with Crippen LogP contribution in [0, 0.1) is 0 Å². The van der Waals surface area contributed by atoms with Crippen molar-refractivity contribution in [2.24, 2.45) is 0 Å². The van der Waals surface area contributed by atoms with Crippen LogP contribution in [0.25, 0.3) is 0 Å². The number of fused-ring (bicyclic) bond motifs is 1. The maximum atomic E-state index is 12.5. The number of carbonyl (C=O) groups is 1. The highest BCUT2D eigenvalue weighted by Gasteiger charge is 2.17. The Morgan fingerprint density at radius 2 is 2.19 bits per heavy atom. The van der Waals surface area contributed by atoms with Crippen molar-refractivity contribution in [3.8, 4) is 5.75 Å². The Morgan fingerprint density at radius 1 is 1.33 bits per heavy atom. The Bertz CT molecular complexity index is 673. The second-order valence-electron chi connectivity index (χ2n) is 5.32. The summed E-state index contributed by atoms with van der Waals surface area (Å²) in [5.74, 6) is 1.06. The Hall–Kier alpha value is -2.10. The van der Waals surface area contributed by atoms with E-state index in [-0.39, 0.29) is 5.78 Å². The van der Waals surface area contributed by atoms with Gasteiger partial charge in [0, 0.05) is 24.2 Å². The number of hydrogen-bond donors (Lipinski definition) is 0. The quantitative estimate of drug-likeness (QED) is 0.793. The average Bonchev–Trinajstić information content (AvgIpc) is 3.12. The van der Waals surface area contributed by atoms with E-state index in [1.54, 1.807) is 0 Å². The SMILES string of the molecule is CCc1cc(CC(=O)c2ccc3c(c2)CCO3)n(CC)n1. The van der Waals surface area contributed by atoms with Crippen molar-refractivity contribution in [1.82, 2.24) is 9.78 Å². The molecule has 110 valence electrons. The number of aromatic nitrogens is 2. The summed E-state index contributed by atoms with van der Waals surface area (Å²) in [6, 6.07) is 7.78. The summed E-state index contributed by atoms with van der Waals surface area (Å²) in [7, 11) is 0. The maximum absolute atomic E-state index is 12.5. The van der Waals surface area contributed by atoms with Gasteiger partial charge in [-0.15, -0.1) is 0 Å². The number of nitrogens with zero attached hydrogens (tertiary/aromatic N) is 2. The van der Waals surface area contributed by atoms with E-state index in [0.29, 0.717) is 6.42 Å². The van der Waals surface area contributed by atoms with E-state index in [4.69, 9.17) is 4.74 Å². The maximum Gasteiger partial charge on any atom is 0.168 e. The van der Waals surface area contributed by atoms with Crippen LogP contribution in [0.3, 0.4) is 0 Å². The van der Waals surface area contributed by atoms with Crippen LogP contribution >= 0.6 is 0 Å². The van der Waals surface area contributed by atoms with Crippen molar-refractivity contribution in [3.05, 3.63) is 46.8 Å². The molecule has 0 bridgehead atoms. The fourth-order valence-electron chi connectivity index (χ4n) is 2.73. The van der Waals surface area contributed by atoms with Crippen molar-refractivity contribution < 1.29 is 9.53 Å². The molecule has 0 spiro atoms. The predicted molar refractivity (Wildman–Crippen MR) is 81.0 cm³/mol. The first-order valence-electron chi connectivity index (χ1n) is 7.55. The lowest BCUT2D eigenvalue weighted by Crippen LogP contribution is -2.10.